The van der Waals surface area contributed by atoms with E-state index in [1.165, 1.54) is 19.3 Å². The molecule has 1 amide bonds. The Morgan fingerprint density at radius 2 is 1.95 bits per heavy atom. The van der Waals surface area contributed by atoms with E-state index in [4.69, 9.17) is 5.11 Å². The van der Waals surface area contributed by atoms with Gasteiger partial charge in [0, 0.05) is 18.9 Å². The van der Waals surface area contributed by atoms with Crippen LogP contribution in [-0.4, -0.2) is 23.5 Å². The number of carbonyl (C=O) groups is 2. The van der Waals surface area contributed by atoms with Crippen LogP contribution in [0.3, 0.4) is 0 Å². The zero-order valence-corrected chi connectivity index (χ0v) is 12.7. The third-order valence-electron chi connectivity index (χ3n) is 5.19. The van der Waals surface area contributed by atoms with Gasteiger partial charge in [0.1, 0.15) is 0 Å². The molecule has 4 nitrogen and oxygen atoms in total. The predicted octanol–water partition coefficient (Wildman–Crippen LogP) is 2.82. The number of carboxylic acid groups (broad SMARTS) is 1. The standard InChI is InChI=1S/C16H27NO3/c1-16(2,6-5-14(18)19)7-8-17-15(20)13-10-11-3-4-12(13)9-11/h11-13H,3-10H2,1-2H3,(H,17,20)(H,18,19). The average molecular weight is 281 g/mol. The molecule has 0 radical (unpaired) electrons. The van der Waals surface area contributed by atoms with Crippen molar-refractivity contribution in [1.82, 2.24) is 5.32 Å². The Balaban J connectivity index is 1.67. The van der Waals surface area contributed by atoms with Crippen molar-refractivity contribution in [3.05, 3.63) is 0 Å². The minimum absolute atomic E-state index is 0.0274. The molecule has 0 aromatic rings. The highest BCUT2D eigenvalue weighted by Gasteiger charge is 2.42. The van der Waals surface area contributed by atoms with Gasteiger partial charge in [0.05, 0.1) is 0 Å². The van der Waals surface area contributed by atoms with Gasteiger partial charge in [-0.2, -0.15) is 0 Å². The first kappa shape index (κ1) is 15.3. The van der Waals surface area contributed by atoms with E-state index in [1.807, 2.05) is 0 Å². The van der Waals surface area contributed by atoms with Crippen molar-refractivity contribution < 1.29 is 14.7 Å². The predicted molar refractivity (Wildman–Crippen MR) is 77.2 cm³/mol. The maximum Gasteiger partial charge on any atom is 0.303 e. The summed E-state index contributed by atoms with van der Waals surface area (Å²) in [5, 5.41) is 11.8. The highest BCUT2D eigenvalue weighted by atomic mass is 16.4. The molecule has 3 unspecified atom stereocenters. The molecule has 0 saturated heterocycles. The summed E-state index contributed by atoms with van der Waals surface area (Å²) in [6.45, 7) is 4.80. The highest BCUT2D eigenvalue weighted by molar-refractivity contribution is 5.79. The van der Waals surface area contributed by atoms with E-state index in [2.05, 4.69) is 19.2 Å². The summed E-state index contributed by atoms with van der Waals surface area (Å²) in [7, 11) is 0. The van der Waals surface area contributed by atoms with Crippen LogP contribution in [0.15, 0.2) is 0 Å². The molecule has 4 heteroatoms. The number of fused-ring (bicyclic) bond motifs is 2. The smallest absolute Gasteiger partial charge is 0.303 e. The molecular weight excluding hydrogens is 254 g/mol. The fourth-order valence-corrected chi connectivity index (χ4v) is 3.79. The van der Waals surface area contributed by atoms with E-state index in [0.717, 1.165) is 18.8 Å². The first-order valence-corrected chi connectivity index (χ1v) is 7.87. The molecule has 0 heterocycles. The molecule has 2 saturated carbocycles. The third kappa shape index (κ3) is 3.97. The molecule has 2 bridgehead atoms. The minimum atomic E-state index is -0.746. The van der Waals surface area contributed by atoms with E-state index in [1.54, 1.807) is 0 Å². The lowest BCUT2D eigenvalue weighted by atomic mass is 9.84. The summed E-state index contributed by atoms with van der Waals surface area (Å²) in [6.07, 6.45) is 6.58. The molecule has 2 N–H and O–H groups in total. The molecule has 2 rings (SSSR count). The molecule has 2 aliphatic carbocycles. The normalized spacial score (nSPS) is 28.6. The molecule has 3 atom stereocenters. The topological polar surface area (TPSA) is 66.4 Å². The number of hydrogen-bond acceptors (Lipinski definition) is 2. The first-order valence-electron chi connectivity index (χ1n) is 7.87. The van der Waals surface area contributed by atoms with Crippen molar-refractivity contribution in [3.63, 3.8) is 0 Å². The second kappa shape index (κ2) is 6.15. The summed E-state index contributed by atoms with van der Waals surface area (Å²) < 4.78 is 0. The van der Waals surface area contributed by atoms with Gasteiger partial charge in [0.2, 0.25) is 5.91 Å². The van der Waals surface area contributed by atoms with Crippen LogP contribution in [0.2, 0.25) is 0 Å². The number of rotatable bonds is 7. The Morgan fingerprint density at radius 1 is 1.20 bits per heavy atom. The van der Waals surface area contributed by atoms with Gasteiger partial charge in [-0.15, -0.1) is 0 Å². The summed E-state index contributed by atoms with van der Waals surface area (Å²) in [6, 6.07) is 0. The van der Waals surface area contributed by atoms with Gasteiger partial charge in [-0.3, -0.25) is 9.59 Å². The van der Waals surface area contributed by atoms with E-state index in [9.17, 15) is 9.59 Å². The number of nitrogens with one attached hydrogen (secondary N) is 1. The quantitative estimate of drug-likeness (QED) is 0.754. The van der Waals surface area contributed by atoms with Gasteiger partial charge in [-0.1, -0.05) is 20.3 Å². The van der Waals surface area contributed by atoms with Crippen LogP contribution in [0.5, 0.6) is 0 Å². The molecule has 20 heavy (non-hydrogen) atoms. The number of carbonyl (C=O) groups excluding carboxylic acids is 1. The third-order valence-corrected chi connectivity index (χ3v) is 5.19. The molecule has 114 valence electrons. The van der Waals surface area contributed by atoms with Gasteiger partial charge in [0.25, 0.3) is 0 Å². The minimum Gasteiger partial charge on any atom is -0.481 e. The zero-order valence-electron chi connectivity index (χ0n) is 12.7. The number of amides is 1. The second-order valence-electron chi connectivity index (χ2n) is 7.38. The van der Waals surface area contributed by atoms with Crippen LogP contribution >= 0.6 is 0 Å². The van der Waals surface area contributed by atoms with Crippen molar-refractivity contribution >= 4 is 11.9 Å². The molecule has 2 aliphatic rings. The van der Waals surface area contributed by atoms with Crippen molar-refractivity contribution in [3.8, 4) is 0 Å². The number of carboxylic acids is 1. The highest BCUT2D eigenvalue weighted by Crippen LogP contribution is 2.48. The Hall–Kier alpha value is -1.06. The van der Waals surface area contributed by atoms with E-state index >= 15 is 0 Å². The lowest BCUT2D eigenvalue weighted by Gasteiger charge is -2.25. The SMILES string of the molecule is CC(C)(CCNC(=O)C1CC2CCC1C2)CCC(=O)O. The van der Waals surface area contributed by atoms with Crippen LogP contribution in [0.4, 0.5) is 0 Å². The van der Waals surface area contributed by atoms with Crippen LogP contribution in [0, 0.1) is 23.2 Å². The fourth-order valence-electron chi connectivity index (χ4n) is 3.79. The monoisotopic (exact) mass is 281 g/mol. The maximum absolute atomic E-state index is 12.2. The summed E-state index contributed by atoms with van der Waals surface area (Å²) in [5.74, 6) is 1.15. The van der Waals surface area contributed by atoms with Gasteiger partial charge in [0.15, 0.2) is 0 Å². The Morgan fingerprint density at radius 3 is 2.50 bits per heavy atom. The van der Waals surface area contributed by atoms with Crippen LogP contribution in [0.25, 0.3) is 0 Å². The van der Waals surface area contributed by atoms with Crippen molar-refractivity contribution in [2.75, 3.05) is 6.54 Å². The molecule has 0 spiro atoms. The maximum atomic E-state index is 12.2. The molecule has 0 aliphatic heterocycles. The van der Waals surface area contributed by atoms with E-state index < -0.39 is 5.97 Å². The second-order valence-corrected chi connectivity index (χ2v) is 7.38. The van der Waals surface area contributed by atoms with Crippen molar-refractivity contribution in [2.24, 2.45) is 23.2 Å². The molecular formula is C16H27NO3. The molecule has 0 aromatic heterocycles. The summed E-state index contributed by atoms with van der Waals surface area (Å²) in [5.41, 5.74) is -0.0274. The van der Waals surface area contributed by atoms with Gasteiger partial charge in [-0.05, 0) is 49.4 Å². The fraction of sp³-hybridized carbons (Fsp3) is 0.875. The number of aliphatic carboxylic acids is 1. The van der Waals surface area contributed by atoms with Gasteiger partial charge >= 0.3 is 5.97 Å². The van der Waals surface area contributed by atoms with Crippen LogP contribution in [-0.2, 0) is 9.59 Å². The van der Waals surface area contributed by atoms with Gasteiger partial charge < -0.3 is 10.4 Å². The lowest BCUT2D eigenvalue weighted by molar-refractivity contribution is -0.137. The first-order chi connectivity index (χ1) is 9.37. The summed E-state index contributed by atoms with van der Waals surface area (Å²) >= 11 is 0. The molecule has 0 aromatic carbocycles. The Kier molecular flexibility index (Phi) is 4.71. The van der Waals surface area contributed by atoms with E-state index in [-0.39, 0.29) is 23.7 Å². The van der Waals surface area contributed by atoms with Crippen molar-refractivity contribution in [1.29, 1.82) is 0 Å². The van der Waals surface area contributed by atoms with Gasteiger partial charge in [-0.25, -0.2) is 0 Å². The number of hydrogen-bond donors (Lipinski definition) is 2. The van der Waals surface area contributed by atoms with Crippen molar-refractivity contribution in [2.45, 2.75) is 58.8 Å². The largest absolute Gasteiger partial charge is 0.481 e. The lowest BCUT2D eigenvalue weighted by Crippen LogP contribution is -2.35. The summed E-state index contributed by atoms with van der Waals surface area (Å²) in [4.78, 5) is 22.8. The van der Waals surface area contributed by atoms with Crippen LogP contribution in [0.1, 0.15) is 58.8 Å². The Bertz CT molecular complexity index is 378. The average Bonchev–Trinajstić information content (AvgIpc) is 2.98. The zero-order chi connectivity index (χ0) is 14.8. The van der Waals surface area contributed by atoms with Crippen LogP contribution < -0.4 is 5.32 Å². The Labute approximate surface area is 121 Å². The van der Waals surface area contributed by atoms with E-state index in [0.29, 0.717) is 18.9 Å². The molecule has 2 fully saturated rings.